The van der Waals surface area contributed by atoms with Crippen molar-refractivity contribution < 1.29 is 4.79 Å². The molecule has 3 heterocycles. The van der Waals surface area contributed by atoms with Crippen LogP contribution in [0.5, 0.6) is 0 Å². The van der Waals surface area contributed by atoms with Crippen LogP contribution in [0.3, 0.4) is 0 Å². The second kappa shape index (κ2) is 8.15. The van der Waals surface area contributed by atoms with E-state index in [4.69, 9.17) is 16.6 Å². The standard InChI is InChI=1S/C24H25ClN4O/c25-19-7-5-8-20(17-19)27-12-14-29(15-13-27)24(30)21-16-18-6-1-2-9-22(18)26-23(21)28-10-3-4-11-28/h1-2,5-9,16-17H,3-4,10-15H2. The number of carbonyl (C=O) groups excluding carboxylic acids is 1. The molecule has 1 amide bonds. The van der Waals surface area contributed by atoms with Crippen molar-refractivity contribution >= 4 is 39.9 Å². The number of carbonyl (C=O) groups is 1. The van der Waals surface area contributed by atoms with Gasteiger partial charge in [0, 0.05) is 55.4 Å². The molecule has 5 rings (SSSR count). The highest BCUT2D eigenvalue weighted by atomic mass is 35.5. The summed E-state index contributed by atoms with van der Waals surface area (Å²) >= 11 is 6.15. The van der Waals surface area contributed by atoms with Crippen LogP contribution in [0.15, 0.2) is 54.6 Å². The number of halogens is 1. The van der Waals surface area contributed by atoms with Crippen molar-refractivity contribution in [3.8, 4) is 0 Å². The summed E-state index contributed by atoms with van der Waals surface area (Å²) in [5.41, 5.74) is 2.79. The van der Waals surface area contributed by atoms with Crippen molar-refractivity contribution in [1.29, 1.82) is 0 Å². The Bertz CT molecular complexity index is 1070. The van der Waals surface area contributed by atoms with Crippen molar-refractivity contribution in [3.63, 3.8) is 0 Å². The van der Waals surface area contributed by atoms with Gasteiger partial charge in [-0.15, -0.1) is 0 Å². The lowest BCUT2D eigenvalue weighted by molar-refractivity contribution is 0.0747. The smallest absolute Gasteiger partial charge is 0.257 e. The van der Waals surface area contributed by atoms with Crippen LogP contribution in [0, 0.1) is 0 Å². The number of hydrogen-bond donors (Lipinski definition) is 0. The number of amides is 1. The van der Waals surface area contributed by atoms with E-state index in [0.29, 0.717) is 13.1 Å². The van der Waals surface area contributed by atoms with Gasteiger partial charge in [-0.3, -0.25) is 4.79 Å². The van der Waals surface area contributed by atoms with E-state index in [9.17, 15) is 4.79 Å². The average Bonchev–Trinajstić information content (AvgIpc) is 3.33. The van der Waals surface area contributed by atoms with Gasteiger partial charge in [0.1, 0.15) is 5.82 Å². The SMILES string of the molecule is O=C(c1cc2ccccc2nc1N1CCCC1)N1CCN(c2cccc(Cl)c2)CC1. The number of piperazine rings is 1. The molecule has 1 aromatic heterocycles. The monoisotopic (exact) mass is 420 g/mol. The van der Waals surface area contributed by atoms with Crippen LogP contribution in [0.4, 0.5) is 11.5 Å². The Balaban J connectivity index is 1.40. The molecule has 0 aliphatic carbocycles. The summed E-state index contributed by atoms with van der Waals surface area (Å²) in [6, 6.07) is 18.0. The maximum atomic E-state index is 13.5. The van der Waals surface area contributed by atoms with Crippen LogP contribution in [0.1, 0.15) is 23.2 Å². The van der Waals surface area contributed by atoms with E-state index >= 15 is 0 Å². The first-order valence-electron chi connectivity index (χ1n) is 10.6. The molecule has 0 unspecified atom stereocenters. The number of pyridine rings is 1. The number of anilines is 2. The van der Waals surface area contributed by atoms with E-state index in [1.54, 1.807) is 0 Å². The molecule has 0 atom stereocenters. The predicted octanol–water partition coefficient (Wildman–Crippen LogP) is 4.45. The van der Waals surface area contributed by atoms with E-state index < -0.39 is 0 Å². The highest BCUT2D eigenvalue weighted by Gasteiger charge is 2.27. The molecular weight excluding hydrogens is 396 g/mol. The molecule has 2 aliphatic rings. The van der Waals surface area contributed by atoms with E-state index in [0.717, 1.165) is 72.0 Å². The zero-order chi connectivity index (χ0) is 20.5. The Hall–Kier alpha value is -2.79. The first-order valence-corrected chi connectivity index (χ1v) is 11.0. The Morgan fingerprint density at radius 2 is 1.60 bits per heavy atom. The van der Waals surface area contributed by atoms with Gasteiger partial charge in [0.25, 0.3) is 5.91 Å². The zero-order valence-electron chi connectivity index (χ0n) is 16.9. The minimum absolute atomic E-state index is 0.0842. The number of nitrogens with zero attached hydrogens (tertiary/aromatic N) is 4. The minimum atomic E-state index is 0.0842. The van der Waals surface area contributed by atoms with E-state index in [1.165, 1.54) is 0 Å². The van der Waals surface area contributed by atoms with Gasteiger partial charge >= 0.3 is 0 Å². The van der Waals surface area contributed by atoms with Gasteiger partial charge in [0.2, 0.25) is 0 Å². The number of benzene rings is 2. The molecule has 6 heteroatoms. The zero-order valence-corrected chi connectivity index (χ0v) is 17.7. The number of rotatable bonds is 3. The first-order chi connectivity index (χ1) is 14.7. The largest absolute Gasteiger partial charge is 0.368 e. The summed E-state index contributed by atoms with van der Waals surface area (Å²) in [4.78, 5) is 25.0. The Morgan fingerprint density at radius 3 is 2.37 bits per heavy atom. The first kappa shape index (κ1) is 19.2. The fourth-order valence-electron chi connectivity index (χ4n) is 4.44. The Morgan fingerprint density at radius 1 is 0.833 bits per heavy atom. The van der Waals surface area contributed by atoms with Gasteiger partial charge in [-0.2, -0.15) is 0 Å². The van der Waals surface area contributed by atoms with Crippen LogP contribution in [-0.4, -0.2) is 55.1 Å². The van der Waals surface area contributed by atoms with Crippen LogP contribution in [0.25, 0.3) is 10.9 Å². The highest BCUT2D eigenvalue weighted by Crippen LogP contribution is 2.28. The second-order valence-electron chi connectivity index (χ2n) is 8.01. The molecule has 2 fully saturated rings. The molecule has 2 saturated heterocycles. The van der Waals surface area contributed by atoms with Crippen molar-refractivity contribution in [1.82, 2.24) is 9.88 Å². The van der Waals surface area contributed by atoms with Gasteiger partial charge < -0.3 is 14.7 Å². The summed E-state index contributed by atoms with van der Waals surface area (Å²) in [6.45, 7) is 4.91. The molecule has 30 heavy (non-hydrogen) atoms. The normalized spacial score (nSPS) is 17.0. The minimum Gasteiger partial charge on any atom is -0.368 e. The second-order valence-corrected chi connectivity index (χ2v) is 8.44. The molecule has 0 saturated carbocycles. The third-order valence-corrected chi connectivity index (χ3v) is 6.32. The quantitative estimate of drug-likeness (QED) is 0.627. The van der Waals surface area contributed by atoms with Crippen molar-refractivity contribution in [2.45, 2.75) is 12.8 Å². The Kier molecular flexibility index (Phi) is 5.21. The topological polar surface area (TPSA) is 39.7 Å². The fourth-order valence-corrected chi connectivity index (χ4v) is 4.63. The molecule has 2 aliphatic heterocycles. The van der Waals surface area contributed by atoms with Crippen molar-refractivity contribution in [3.05, 3.63) is 65.2 Å². The number of hydrogen-bond acceptors (Lipinski definition) is 4. The number of para-hydroxylation sites is 1. The molecular formula is C24H25ClN4O. The molecule has 0 N–H and O–H groups in total. The van der Waals surface area contributed by atoms with Crippen LogP contribution in [-0.2, 0) is 0 Å². The van der Waals surface area contributed by atoms with Gasteiger partial charge in [0.05, 0.1) is 11.1 Å². The molecule has 0 radical (unpaired) electrons. The summed E-state index contributed by atoms with van der Waals surface area (Å²) in [7, 11) is 0. The Labute approximate surface area is 181 Å². The molecule has 0 spiro atoms. The van der Waals surface area contributed by atoms with E-state index in [-0.39, 0.29) is 5.91 Å². The average molecular weight is 421 g/mol. The summed E-state index contributed by atoms with van der Waals surface area (Å²) in [5.74, 6) is 0.925. The van der Waals surface area contributed by atoms with Gasteiger partial charge in [-0.1, -0.05) is 35.9 Å². The molecule has 5 nitrogen and oxygen atoms in total. The lowest BCUT2D eigenvalue weighted by atomic mass is 10.1. The van der Waals surface area contributed by atoms with Crippen molar-refractivity contribution in [2.24, 2.45) is 0 Å². The molecule has 0 bridgehead atoms. The molecule has 2 aromatic carbocycles. The lowest BCUT2D eigenvalue weighted by Gasteiger charge is -2.36. The summed E-state index contributed by atoms with van der Waals surface area (Å²) in [6.07, 6.45) is 2.31. The summed E-state index contributed by atoms with van der Waals surface area (Å²) < 4.78 is 0. The number of fused-ring (bicyclic) bond motifs is 1. The van der Waals surface area contributed by atoms with Crippen molar-refractivity contribution in [2.75, 3.05) is 49.1 Å². The third kappa shape index (κ3) is 3.70. The van der Waals surface area contributed by atoms with E-state index in [2.05, 4.69) is 15.9 Å². The van der Waals surface area contributed by atoms with E-state index in [1.807, 2.05) is 53.4 Å². The molecule has 154 valence electrons. The van der Waals surface area contributed by atoms with Gasteiger partial charge in [-0.25, -0.2) is 4.98 Å². The maximum Gasteiger partial charge on any atom is 0.257 e. The number of aromatic nitrogens is 1. The maximum absolute atomic E-state index is 13.5. The van der Waals surface area contributed by atoms with Gasteiger partial charge in [-0.05, 0) is 43.2 Å². The lowest BCUT2D eigenvalue weighted by Crippen LogP contribution is -2.49. The van der Waals surface area contributed by atoms with Crippen LogP contribution >= 0.6 is 11.6 Å². The van der Waals surface area contributed by atoms with Gasteiger partial charge in [0.15, 0.2) is 0 Å². The third-order valence-electron chi connectivity index (χ3n) is 6.08. The predicted molar refractivity (Wildman–Crippen MR) is 123 cm³/mol. The molecule has 3 aromatic rings. The fraction of sp³-hybridized carbons (Fsp3) is 0.333. The van der Waals surface area contributed by atoms with Crippen LogP contribution < -0.4 is 9.80 Å². The highest BCUT2D eigenvalue weighted by molar-refractivity contribution is 6.30. The van der Waals surface area contributed by atoms with Crippen LogP contribution in [0.2, 0.25) is 5.02 Å². The summed E-state index contributed by atoms with van der Waals surface area (Å²) in [5, 5.41) is 1.75.